The highest BCUT2D eigenvalue weighted by Gasteiger charge is 2.30. The van der Waals surface area contributed by atoms with E-state index in [9.17, 15) is 18.0 Å². The molecule has 0 fully saturated rings. The van der Waals surface area contributed by atoms with Gasteiger partial charge in [0.25, 0.3) is 0 Å². The van der Waals surface area contributed by atoms with Crippen molar-refractivity contribution in [2.45, 2.75) is 12.6 Å². The number of benzene rings is 2. The third kappa shape index (κ3) is 3.84. The van der Waals surface area contributed by atoms with Crippen LogP contribution in [0, 0.1) is 0 Å². The van der Waals surface area contributed by atoms with E-state index in [-0.39, 0.29) is 17.8 Å². The van der Waals surface area contributed by atoms with E-state index in [2.05, 4.69) is 0 Å². The van der Waals surface area contributed by atoms with Crippen molar-refractivity contribution < 1.29 is 22.7 Å². The summed E-state index contributed by atoms with van der Waals surface area (Å²) < 4.78 is 42.9. The van der Waals surface area contributed by atoms with E-state index in [1.54, 1.807) is 24.3 Å². The van der Waals surface area contributed by atoms with Crippen molar-refractivity contribution in [2.75, 3.05) is 7.11 Å². The lowest BCUT2D eigenvalue weighted by Gasteiger charge is -2.08. The van der Waals surface area contributed by atoms with Crippen LogP contribution < -0.4 is 4.74 Å². The summed E-state index contributed by atoms with van der Waals surface area (Å²) in [6.45, 7) is 0. The molecule has 21 heavy (non-hydrogen) atoms. The van der Waals surface area contributed by atoms with Gasteiger partial charge in [-0.2, -0.15) is 13.2 Å². The minimum atomic E-state index is -4.45. The molecule has 0 aliphatic heterocycles. The van der Waals surface area contributed by atoms with Crippen LogP contribution in [0.5, 0.6) is 5.75 Å². The van der Waals surface area contributed by atoms with E-state index in [4.69, 9.17) is 4.74 Å². The maximum atomic E-state index is 12.6. The molecule has 0 saturated carbocycles. The Morgan fingerprint density at radius 1 is 1.10 bits per heavy atom. The van der Waals surface area contributed by atoms with Crippen LogP contribution in [0.25, 0.3) is 0 Å². The van der Waals surface area contributed by atoms with Crippen molar-refractivity contribution in [3.8, 4) is 5.75 Å². The van der Waals surface area contributed by atoms with Crippen molar-refractivity contribution in [1.29, 1.82) is 0 Å². The zero-order chi connectivity index (χ0) is 15.5. The highest BCUT2D eigenvalue weighted by molar-refractivity contribution is 5.97. The summed E-state index contributed by atoms with van der Waals surface area (Å²) in [5.41, 5.74) is -0.0399. The predicted molar refractivity (Wildman–Crippen MR) is 72.5 cm³/mol. The summed E-state index contributed by atoms with van der Waals surface area (Å²) in [6, 6.07) is 11.3. The lowest BCUT2D eigenvalue weighted by atomic mass is 10.0. The Labute approximate surface area is 120 Å². The van der Waals surface area contributed by atoms with Crippen LogP contribution in [-0.4, -0.2) is 12.9 Å². The number of hydrogen-bond donors (Lipinski definition) is 0. The van der Waals surface area contributed by atoms with E-state index < -0.39 is 11.7 Å². The molecule has 0 radical (unpaired) electrons. The SMILES string of the molecule is COc1ccc(CC(=O)c2cccc(C(F)(F)F)c2)cc1. The molecular weight excluding hydrogens is 281 g/mol. The van der Waals surface area contributed by atoms with Crippen molar-refractivity contribution in [2.24, 2.45) is 0 Å². The number of methoxy groups -OCH3 is 1. The highest BCUT2D eigenvalue weighted by atomic mass is 19.4. The number of alkyl halides is 3. The van der Waals surface area contributed by atoms with Gasteiger partial charge in [0.1, 0.15) is 5.75 Å². The van der Waals surface area contributed by atoms with E-state index in [1.807, 2.05) is 0 Å². The second-order valence-electron chi connectivity index (χ2n) is 4.53. The Morgan fingerprint density at radius 2 is 1.76 bits per heavy atom. The molecule has 0 bridgehead atoms. The lowest BCUT2D eigenvalue weighted by molar-refractivity contribution is -0.137. The van der Waals surface area contributed by atoms with Crippen LogP contribution in [0.15, 0.2) is 48.5 Å². The monoisotopic (exact) mass is 294 g/mol. The maximum Gasteiger partial charge on any atom is 0.416 e. The third-order valence-electron chi connectivity index (χ3n) is 3.04. The molecule has 2 nitrogen and oxygen atoms in total. The lowest BCUT2D eigenvalue weighted by Crippen LogP contribution is -2.09. The van der Waals surface area contributed by atoms with Gasteiger partial charge in [0.2, 0.25) is 0 Å². The second kappa shape index (κ2) is 5.99. The summed E-state index contributed by atoms with van der Waals surface area (Å²) in [5, 5.41) is 0. The van der Waals surface area contributed by atoms with E-state index in [1.165, 1.54) is 19.2 Å². The molecule has 0 heterocycles. The van der Waals surface area contributed by atoms with Gasteiger partial charge in [0.15, 0.2) is 5.78 Å². The first-order valence-electron chi connectivity index (χ1n) is 6.23. The van der Waals surface area contributed by atoms with Gasteiger partial charge in [-0.25, -0.2) is 0 Å². The van der Waals surface area contributed by atoms with Crippen LogP contribution in [0.3, 0.4) is 0 Å². The number of rotatable bonds is 4. The Balaban J connectivity index is 2.16. The first-order valence-corrected chi connectivity index (χ1v) is 6.23. The molecule has 0 aliphatic rings. The molecule has 0 aliphatic carbocycles. The smallest absolute Gasteiger partial charge is 0.416 e. The standard InChI is InChI=1S/C16H13F3O2/c1-21-14-7-5-11(6-8-14)9-15(20)12-3-2-4-13(10-12)16(17,18)19/h2-8,10H,9H2,1H3. The summed E-state index contributed by atoms with van der Waals surface area (Å²) in [5.74, 6) is 0.302. The summed E-state index contributed by atoms with van der Waals surface area (Å²) >= 11 is 0. The molecule has 0 aromatic heterocycles. The maximum absolute atomic E-state index is 12.6. The Bertz CT molecular complexity index is 631. The number of ether oxygens (including phenoxy) is 1. The minimum Gasteiger partial charge on any atom is -0.497 e. The average Bonchev–Trinajstić information content (AvgIpc) is 2.47. The van der Waals surface area contributed by atoms with Crippen molar-refractivity contribution >= 4 is 5.78 Å². The van der Waals surface area contributed by atoms with E-state index >= 15 is 0 Å². The fourth-order valence-electron chi connectivity index (χ4n) is 1.90. The molecule has 2 aromatic carbocycles. The van der Waals surface area contributed by atoms with Gasteiger partial charge in [-0.05, 0) is 29.8 Å². The van der Waals surface area contributed by atoms with Crippen LogP contribution >= 0.6 is 0 Å². The highest BCUT2D eigenvalue weighted by Crippen LogP contribution is 2.29. The van der Waals surface area contributed by atoms with E-state index in [0.717, 1.165) is 17.7 Å². The number of hydrogen-bond acceptors (Lipinski definition) is 2. The summed E-state index contributed by atoms with van der Waals surface area (Å²) in [6.07, 6.45) is -4.40. The Kier molecular flexibility index (Phi) is 4.31. The largest absolute Gasteiger partial charge is 0.497 e. The van der Waals surface area contributed by atoms with Crippen LogP contribution in [0.1, 0.15) is 21.5 Å². The summed E-state index contributed by atoms with van der Waals surface area (Å²) in [7, 11) is 1.53. The van der Waals surface area contributed by atoms with Gasteiger partial charge in [0, 0.05) is 12.0 Å². The fraction of sp³-hybridized carbons (Fsp3) is 0.188. The van der Waals surface area contributed by atoms with Crippen molar-refractivity contribution in [1.82, 2.24) is 0 Å². The molecule has 0 saturated heterocycles. The topological polar surface area (TPSA) is 26.3 Å². The number of Topliss-reactive ketones (excluding diaryl/α,β-unsaturated/α-hetero) is 1. The first-order chi connectivity index (χ1) is 9.90. The number of halogens is 3. The molecular formula is C16H13F3O2. The van der Waals surface area contributed by atoms with E-state index in [0.29, 0.717) is 5.75 Å². The molecule has 0 N–H and O–H groups in total. The van der Waals surface area contributed by atoms with Gasteiger partial charge in [0.05, 0.1) is 12.7 Å². The Hall–Kier alpha value is -2.30. The molecule has 0 amide bonds. The Morgan fingerprint density at radius 3 is 2.33 bits per heavy atom. The van der Waals surface area contributed by atoms with Crippen molar-refractivity contribution in [3.63, 3.8) is 0 Å². The molecule has 0 unspecified atom stereocenters. The quantitative estimate of drug-likeness (QED) is 0.792. The summed E-state index contributed by atoms with van der Waals surface area (Å²) in [4.78, 5) is 12.0. The van der Waals surface area contributed by atoms with Gasteiger partial charge in [-0.3, -0.25) is 4.79 Å². The zero-order valence-corrected chi connectivity index (χ0v) is 11.3. The first kappa shape index (κ1) is 15.1. The van der Waals surface area contributed by atoms with Gasteiger partial charge >= 0.3 is 6.18 Å². The van der Waals surface area contributed by atoms with Crippen LogP contribution in [0.2, 0.25) is 0 Å². The fourth-order valence-corrected chi connectivity index (χ4v) is 1.90. The molecule has 2 aromatic rings. The molecule has 110 valence electrons. The molecule has 5 heteroatoms. The number of carbonyl (C=O) groups is 1. The zero-order valence-electron chi connectivity index (χ0n) is 11.3. The normalized spacial score (nSPS) is 11.2. The van der Waals surface area contributed by atoms with Gasteiger partial charge < -0.3 is 4.74 Å². The molecule has 0 spiro atoms. The number of carbonyl (C=O) groups excluding carboxylic acids is 1. The number of ketones is 1. The van der Waals surface area contributed by atoms with Crippen molar-refractivity contribution in [3.05, 3.63) is 65.2 Å². The third-order valence-corrected chi connectivity index (χ3v) is 3.04. The van der Waals surface area contributed by atoms with Gasteiger partial charge in [-0.1, -0.05) is 24.3 Å². The van der Waals surface area contributed by atoms with Crippen LogP contribution in [-0.2, 0) is 12.6 Å². The minimum absolute atomic E-state index is 0.0469. The average molecular weight is 294 g/mol. The molecule has 0 atom stereocenters. The van der Waals surface area contributed by atoms with Crippen LogP contribution in [0.4, 0.5) is 13.2 Å². The second-order valence-corrected chi connectivity index (χ2v) is 4.53. The predicted octanol–water partition coefficient (Wildman–Crippen LogP) is 4.14. The molecule has 2 rings (SSSR count). The van der Waals surface area contributed by atoms with Gasteiger partial charge in [-0.15, -0.1) is 0 Å².